The summed E-state index contributed by atoms with van der Waals surface area (Å²) in [6.07, 6.45) is 1.11. The summed E-state index contributed by atoms with van der Waals surface area (Å²) < 4.78 is 33.3. The van der Waals surface area contributed by atoms with Gasteiger partial charge in [0.25, 0.3) is 5.91 Å². The lowest BCUT2D eigenvalue weighted by Gasteiger charge is -2.28. The van der Waals surface area contributed by atoms with E-state index in [1.807, 2.05) is 35.8 Å². The number of para-hydroxylation sites is 2. The predicted octanol–water partition coefficient (Wildman–Crippen LogP) is 1.36. The number of rotatable bonds is 5. The largest absolute Gasteiger partial charge is 0.378 e. The molecule has 3 aromatic heterocycles. The normalized spacial score (nSPS) is 19.4. The minimum Gasteiger partial charge on any atom is -0.378 e. The number of carbonyl (C=O) groups is 1. The summed E-state index contributed by atoms with van der Waals surface area (Å²) in [5.74, 6) is 1.83. The highest BCUT2D eigenvalue weighted by atomic mass is 32.2. The lowest BCUT2D eigenvalue weighted by atomic mass is 10.2. The molecule has 2 aliphatic rings. The highest BCUT2D eigenvalue weighted by molar-refractivity contribution is 7.91. The van der Waals surface area contributed by atoms with Crippen molar-refractivity contribution in [3.8, 4) is 5.95 Å². The Morgan fingerprint density at radius 2 is 1.89 bits per heavy atom. The number of imidazole rings is 2. The quantitative estimate of drug-likeness (QED) is 0.370. The topological polar surface area (TPSA) is 128 Å². The van der Waals surface area contributed by atoms with Gasteiger partial charge in [0, 0.05) is 39.6 Å². The van der Waals surface area contributed by atoms with E-state index in [1.54, 1.807) is 18.7 Å². The molecule has 1 atom stereocenters. The van der Waals surface area contributed by atoms with Crippen molar-refractivity contribution in [1.82, 2.24) is 34.0 Å². The molecular weight excluding hydrogens is 508 g/mol. The van der Waals surface area contributed by atoms with Crippen molar-refractivity contribution in [2.24, 2.45) is 7.05 Å². The van der Waals surface area contributed by atoms with E-state index in [-0.39, 0.29) is 29.3 Å². The van der Waals surface area contributed by atoms with Gasteiger partial charge < -0.3 is 19.1 Å². The van der Waals surface area contributed by atoms with Crippen LogP contribution >= 0.6 is 0 Å². The second-order valence-electron chi connectivity index (χ2n) is 9.79. The van der Waals surface area contributed by atoms with Gasteiger partial charge in [-0.15, -0.1) is 0 Å². The molecule has 1 unspecified atom stereocenters. The number of hydrogen-bond acceptors (Lipinski definition) is 9. The van der Waals surface area contributed by atoms with Gasteiger partial charge in [-0.1, -0.05) is 19.1 Å². The van der Waals surface area contributed by atoms with Crippen LogP contribution < -0.4 is 4.90 Å². The molecule has 0 saturated carbocycles. The zero-order valence-electron chi connectivity index (χ0n) is 21.7. The monoisotopic (exact) mass is 538 g/mol. The molecule has 2 saturated heterocycles. The van der Waals surface area contributed by atoms with Crippen LogP contribution in [0, 0.1) is 0 Å². The Balaban J connectivity index is 1.51. The molecule has 0 aliphatic carbocycles. The van der Waals surface area contributed by atoms with E-state index in [0.717, 1.165) is 16.9 Å². The number of benzene rings is 1. The number of amides is 1. The maximum Gasteiger partial charge on any atom is 0.289 e. The number of morpholine rings is 1. The molecule has 0 spiro atoms. The fraction of sp³-hybridized carbons (Fsp3) is 0.480. The summed E-state index contributed by atoms with van der Waals surface area (Å²) in [5.41, 5.74) is 2.80. The van der Waals surface area contributed by atoms with Crippen molar-refractivity contribution >= 4 is 43.8 Å². The van der Waals surface area contributed by atoms with Gasteiger partial charge in [-0.2, -0.15) is 9.97 Å². The van der Waals surface area contributed by atoms with Crippen molar-refractivity contribution in [2.45, 2.75) is 25.8 Å². The summed E-state index contributed by atoms with van der Waals surface area (Å²) in [6.45, 7) is 4.44. The fourth-order valence-corrected chi connectivity index (χ4v) is 7.04. The number of ether oxygens (including phenoxy) is 1. The average Bonchev–Trinajstić information content (AvgIpc) is 3.60. The average molecular weight is 539 g/mol. The third-order valence-corrected chi connectivity index (χ3v) is 9.16. The predicted molar refractivity (Wildman–Crippen MR) is 142 cm³/mol. The standard InChI is InChI=1S/C25H30N8O4S/c1-4-19-26-17-7-5-6-8-18(17)33(19)25-28-21-20(22(29-25)32-10-12-37-13-11-32)27-23(31(21)3)24(34)30(2)16-9-14-38(35,36)15-16/h5-8,16H,4,9-15H2,1-3H3. The van der Waals surface area contributed by atoms with E-state index in [4.69, 9.17) is 24.7 Å². The lowest BCUT2D eigenvalue weighted by Crippen LogP contribution is -2.39. The minimum absolute atomic E-state index is 0.0321. The molecule has 12 nitrogen and oxygen atoms in total. The first-order chi connectivity index (χ1) is 18.3. The van der Waals surface area contributed by atoms with Crippen molar-refractivity contribution in [1.29, 1.82) is 0 Å². The van der Waals surface area contributed by atoms with Gasteiger partial charge in [-0.05, 0) is 18.6 Å². The van der Waals surface area contributed by atoms with E-state index < -0.39 is 9.84 Å². The molecule has 1 amide bonds. The molecule has 13 heteroatoms. The summed E-state index contributed by atoms with van der Waals surface area (Å²) in [5, 5.41) is 0. The molecule has 200 valence electrons. The van der Waals surface area contributed by atoms with Gasteiger partial charge in [-0.3, -0.25) is 9.36 Å². The first-order valence-electron chi connectivity index (χ1n) is 12.8. The zero-order chi connectivity index (χ0) is 26.6. The van der Waals surface area contributed by atoms with E-state index in [1.165, 1.54) is 4.90 Å². The van der Waals surface area contributed by atoms with Crippen LogP contribution in [0.3, 0.4) is 0 Å². The Labute approximate surface area is 220 Å². The SMILES string of the molecule is CCc1nc2ccccc2n1-c1nc(N2CCOCC2)c2nc(C(=O)N(C)C3CCS(=O)(=O)C3)n(C)c2n1. The van der Waals surface area contributed by atoms with Crippen molar-refractivity contribution < 1.29 is 17.9 Å². The van der Waals surface area contributed by atoms with Crippen LogP contribution in [0.25, 0.3) is 28.1 Å². The molecular formula is C25H30N8O4S. The first kappa shape index (κ1) is 24.7. The molecule has 0 radical (unpaired) electrons. The number of aromatic nitrogens is 6. The molecule has 2 fully saturated rings. The number of carbonyl (C=O) groups excluding carboxylic acids is 1. The Morgan fingerprint density at radius 1 is 1.13 bits per heavy atom. The third kappa shape index (κ3) is 4.09. The number of fused-ring (bicyclic) bond motifs is 2. The van der Waals surface area contributed by atoms with E-state index in [9.17, 15) is 13.2 Å². The van der Waals surface area contributed by atoms with Crippen LogP contribution in [0.4, 0.5) is 5.82 Å². The van der Waals surface area contributed by atoms with Gasteiger partial charge in [0.05, 0.1) is 35.8 Å². The van der Waals surface area contributed by atoms with E-state index in [0.29, 0.717) is 62.1 Å². The van der Waals surface area contributed by atoms with Crippen LogP contribution in [0.15, 0.2) is 24.3 Å². The molecule has 4 aromatic rings. The summed E-state index contributed by atoms with van der Waals surface area (Å²) >= 11 is 0. The highest BCUT2D eigenvalue weighted by Crippen LogP contribution is 2.29. The van der Waals surface area contributed by atoms with E-state index in [2.05, 4.69) is 4.90 Å². The Hall–Kier alpha value is -3.58. The number of nitrogens with zero attached hydrogens (tertiary/aromatic N) is 8. The van der Waals surface area contributed by atoms with Gasteiger partial charge in [0.15, 0.2) is 26.8 Å². The van der Waals surface area contributed by atoms with Crippen molar-refractivity contribution in [3.05, 3.63) is 35.9 Å². The minimum atomic E-state index is -3.14. The van der Waals surface area contributed by atoms with Crippen LogP contribution in [-0.4, -0.2) is 99.2 Å². The number of aryl methyl sites for hydroxylation is 2. The van der Waals surface area contributed by atoms with Gasteiger partial charge >= 0.3 is 0 Å². The van der Waals surface area contributed by atoms with Crippen molar-refractivity contribution in [3.63, 3.8) is 0 Å². The van der Waals surface area contributed by atoms with Crippen LogP contribution in [0.5, 0.6) is 0 Å². The molecule has 2 aliphatic heterocycles. The van der Waals surface area contributed by atoms with Crippen LogP contribution in [-0.2, 0) is 28.0 Å². The second-order valence-corrected chi connectivity index (χ2v) is 12.0. The Bertz CT molecular complexity index is 1650. The second kappa shape index (κ2) is 9.31. The number of sulfone groups is 1. The highest BCUT2D eigenvalue weighted by Gasteiger charge is 2.35. The van der Waals surface area contributed by atoms with Crippen molar-refractivity contribution in [2.75, 3.05) is 49.8 Å². The third-order valence-electron chi connectivity index (χ3n) is 7.41. The van der Waals surface area contributed by atoms with Gasteiger partial charge in [0.2, 0.25) is 11.8 Å². The Morgan fingerprint density at radius 3 is 2.61 bits per heavy atom. The smallest absolute Gasteiger partial charge is 0.289 e. The fourth-order valence-electron chi connectivity index (χ4n) is 5.26. The van der Waals surface area contributed by atoms with E-state index >= 15 is 0 Å². The maximum atomic E-state index is 13.6. The van der Waals surface area contributed by atoms with Gasteiger partial charge in [-0.25, -0.2) is 18.4 Å². The number of anilines is 1. The van der Waals surface area contributed by atoms with Gasteiger partial charge in [0.1, 0.15) is 5.82 Å². The summed E-state index contributed by atoms with van der Waals surface area (Å²) in [7, 11) is 0.257. The Kier molecular flexibility index (Phi) is 6.06. The summed E-state index contributed by atoms with van der Waals surface area (Å²) in [4.78, 5) is 36.6. The number of hydrogen-bond donors (Lipinski definition) is 0. The molecule has 0 N–H and O–H groups in total. The maximum absolute atomic E-state index is 13.6. The molecule has 38 heavy (non-hydrogen) atoms. The van der Waals surface area contributed by atoms with Crippen LogP contribution in [0.1, 0.15) is 29.8 Å². The molecule has 6 rings (SSSR count). The summed E-state index contributed by atoms with van der Waals surface area (Å²) in [6, 6.07) is 7.49. The molecule has 0 bridgehead atoms. The first-order valence-corrected chi connectivity index (χ1v) is 14.6. The lowest BCUT2D eigenvalue weighted by molar-refractivity contribution is 0.0732. The molecule has 1 aromatic carbocycles. The molecule has 5 heterocycles. The van der Waals surface area contributed by atoms with Crippen LogP contribution in [0.2, 0.25) is 0 Å². The zero-order valence-corrected chi connectivity index (χ0v) is 22.5.